The summed E-state index contributed by atoms with van der Waals surface area (Å²) in [7, 11) is 0. The Morgan fingerprint density at radius 1 is 1.24 bits per heavy atom. The van der Waals surface area contributed by atoms with Crippen LogP contribution in [-0.2, 0) is 17.8 Å². The van der Waals surface area contributed by atoms with Gasteiger partial charge in [-0.1, -0.05) is 53.7 Å². The standard InChI is InChI=1S/C21H20N2O2/c1-2-3-11-20(24)23-13-12-19-18(14-23)21(22-25-19)17-10-6-8-15-7-4-5-9-16(15)17/h2,4-10H,1,3,11-14H2. The lowest BCUT2D eigenvalue weighted by Crippen LogP contribution is -2.35. The molecule has 0 radical (unpaired) electrons. The fourth-order valence-electron chi connectivity index (χ4n) is 3.45. The average Bonchev–Trinajstić information content (AvgIpc) is 3.08. The van der Waals surface area contributed by atoms with Gasteiger partial charge in [-0.15, -0.1) is 6.58 Å². The van der Waals surface area contributed by atoms with Crippen LogP contribution in [-0.4, -0.2) is 22.5 Å². The number of carbonyl (C=O) groups excluding carboxylic acids is 1. The topological polar surface area (TPSA) is 46.3 Å². The van der Waals surface area contributed by atoms with Crippen molar-refractivity contribution >= 4 is 16.7 Å². The van der Waals surface area contributed by atoms with Gasteiger partial charge in [0.1, 0.15) is 11.5 Å². The van der Waals surface area contributed by atoms with Crippen molar-refractivity contribution in [3.05, 3.63) is 66.4 Å². The van der Waals surface area contributed by atoms with E-state index in [0.717, 1.165) is 28.0 Å². The van der Waals surface area contributed by atoms with Crippen molar-refractivity contribution in [1.82, 2.24) is 10.1 Å². The molecule has 0 bridgehead atoms. The Labute approximate surface area is 146 Å². The van der Waals surface area contributed by atoms with Gasteiger partial charge in [-0.25, -0.2) is 0 Å². The van der Waals surface area contributed by atoms with Crippen molar-refractivity contribution in [2.24, 2.45) is 0 Å². The van der Waals surface area contributed by atoms with E-state index in [2.05, 4.69) is 36.0 Å². The van der Waals surface area contributed by atoms with Crippen LogP contribution in [0.5, 0.6) is 0 Å². The lowest BCUT2D eigenvalue weighted by atomic mass is 9.97. The van der Waals surface area contributed by atoms with Gasteiger partial charge in [-0.05, 0) is 17.2 Å². The van der Waals surface area contributed by atoms with E-state index in [-0.39, 0.29) is 5.91 Å². The van der Waals surface area contributed by atoms with Crippen LogP contribution in [0.15, 0.2) is 59.6 Å². The molecule has 1 amide bonds. The zero-order valence-electron chi connectivity index (χ0n) is 14.1. The highest BCUT2D eigenvalue weighted by Gasteiger charge is 2.27. The first-order valence-electron chi connectivity index (χ1n) is 8.62. The van der Waals surface area contributed by atoms with Gasteiger partial charge in [0.2, 0.25) is 5.91 Å². The van der Waals surface area contributed by atoms with Gasteiger partial charge in [0.15, 0.2) is 0 Å². The number of amides is 1. The first-order chi connectivity index (χ1) is 12.3. The summed E-state index contributed by atoms with van der Waals surface area (Å²) in [6.45, 7) is 4.94. The quantitative estimate of drug-likeness (QED) is 0.668. The minimum absolute atomic E-state index is 0.163. The van der Waals surface area contributed by atoms with Gasteiger partial charge >= 0.3 is 0 Å². The highest BCUT2D eigenvalue weighted by atomic mass is 16.5. The number of aromatic nitrogens is 1. The monoisotopic (exact) mass is 332 g/mol. The molecule has 0 saturated carbocycles. The third kappa shape index (κ3) is 2.84. The maximum atomic E-state index is 12.4. The summed E-state index contributed by atoms with van der Waals surface area (Å²) in [6, 6.07) is 14.5. The van der Waals surface area contributed by atoms with Crippen molar-refractivity contribution in [1.29, 1.82) is 0 Å². The molecule has 1 aromatic heterocycles. The first-order valence-corrected chi connectivity index (χ1v) is 8.62. The number of carbonyl (C=O) groups is 1. The van der Waals surface area contributed by atoms with E-state index >= 15 is 0 Å². The fraction of sp³-hybridized carbons (Fsp3) is 0.238. The SMILES string of the molecule is C=CCCC(=O)N1CCc2onc(-c3cccc4ccccc34)c2C1. The van der Waals surface area contributed by atoms with Crippen LogP contribution < -0.4 is 0 Å². The zero-order chi connectivity index (χ0) is 17.2. The second kappa shape index (κ2) is 6.55. The van der Waals surface area contributed by atoms with E-state index < -0.39 is 0 Å². The number of benzene rings is 2. The van der Waals surface area contributed by atoms with E-state index in [1.807, 2.05) is 23.1 Å². The van der Waals surface area contributed by atoms with Gasteiger partial charge in [-0.3, -0.25) is 4.79 Å². The van der Waals surface area contributed by atoms with Gasteiger partial charge in [0.25, 0.3) is 0 Å². The Morgan fingerprint density at radius 3 is 2.96 bits per heavy atom. The maximum Gasteiger partial charge on any atom is 0.223 e. The van der Waals surface area contributed by atoms with Gasteiger partial charge in [0.05, 0.1) is 6.54 Å². The Hall–Kier alpha value is -2.88. The number of nitrogens with zero attached hydrogens (tertiary/aromatic N) is 2. The zero-order valence-corrected chi connectivity index (χ0v) is 14.1. The lowest BCUT2D eigenvalue weighted by molar-refractivity contribution is -0.132. The first kappa shape index (κ1) is 15.6. The summed E-state index contributed by atoms with van der Waals surface area (Å²) in [4.78, 5) is 14.3. The molecule has 4 heteroatoms. The van der Waals surface area contributed by atoms with Crippen LogP contribution in [0.2, 0.25) is 0 Å². The molecule has 2 aromatic carbocycles. The Morgan fingerprint density at radius 2 is 2.08 bits per heavy atom. The Bertz CT molecular complexity index is 937. The van der Waals surface area contributed by atoms with Gasteiger partial charge < -0.3 is 9.42 Å². The smallest absolute Gasteiger partial charge is 0.223 e. The van der Waals surface area contributed by atoms with E-state index in [0.29, 0.717) is 32.4 Å². The molecule has 0 atom stereocenters. The van der Waals surface area contributed by atoms with E-state index in [4.69, 9.17) is 4.52 Å². The molecule has 0 N–H and O–H groups in total. The fourth-order valence-corrected chi connectivity index (χ4v) is 3.45. The molecular weight excluding hydrogens is 312 g/mol. The van der Waals surface area contributed by atoms with Crippen molar-refractivity contribution < 1.29 is 9.32 Å². The molecule has 4 rings (SSSR count). The largest absolute Gasteiger partial charge is 0.360 e. The molecule has 0 spiro atoms. The highest BCUT2D eigenvalue weighted by molar-refractivity contribution is 5.96. The summed E-state index contributed by atoms with van der Waals surface area (Å²) < 4.78 is 5.60. The molecule has 0 aliphatic carbocycles. The van der Waals surface area contributed by atoms with Crippen molar-refractivity contribution in [3.8, 4) is 11.3 Å². The number of fused-ring (bicyclic) bond motifs is 2. The number of rotatable bonds is 4. The third-order valence-electron chi connectivity index (χ3n) is 4.79. The minimum Gasteiger partial charge on any atom is -0.360 e. The van der Waals surface area contributed by atoms with Crippen LogP contribution in [0.3, 0.4) is 0 Å². The Kier molecular flexibility index (Phi) is 4.10. The lowest BCUT2D eigenvalue weighted by Gasteiger charge is -2.26. The van der Waals surface area contributed by atoms with Crippen LogP contribution in [0.25, 0.3) is 22.0 Å². The highest BCUT2D eigenvalue weighted by Crippen LogP contribution is 2.34. The molecule has 0 unspecified atom stereocenters. The van der Waals surface area contributed by atoms with Crippen LogP contribution in [0.1, 0.15) is 24.2 Å². The predicted octanol–water partition coefficient (Wildman–Crippen LogP) is 4.35. The van der Waals surface area contributed by atoms with Gasteiger partial charge in [0, 0.05) is 30.5 Å². The summed E-state index contributed by atoms with van der Waals surface area (Å²) >= 11 is 0. The van der Waals surface area contributed by atoms with E-state index in [9.17, 15) is 4.79 Å². The molecule has 2 heterocycles. The second-order valence-corrected chi connectivity index (χ2v) is 6.35. The number of hydrogen-bond donors (Lipinski definition) is 0. The molecule has 3 aromatic rings. The summed E-state index contributed by atoms with van der Waals surface area (Å²) in [5.41, 5.74) is 2.95. The second-order valence-electron chi connectivity index (χ2n) is 6.35. The number of hydrogen-bond acceptors (Lipinski definition) is 3. The Balaban J connectivity index is 1.71. The number of allylic oxidation sites excluding steroid dienone is 1. The summed E-state index contributed by atoms with van der Waals surface area (Å²) in [5.74, 6) is 1.06. The molecule has 4 nitrogen and oxygen atoms in total. The summed E-state index contributed by atoms with van der Waals surface area (Å²) in [6.07, 6.45) is 3.72. The molecule has 25 heavy (non-hydrogen) atoms. The van der Waals surface area contributed by atoms with Crippen LogP contribution >= 0.6 is 0 Å². The van der Waals surface area contributed by atoms with Crippen LogP contribution in [0, 0.1) is 0 Å². The van der Waals surface area contributed by atoms with E-state index in [1.165, 1.54) is 5.39 Å². The molecule has 126 valence electrons. The van der Waals surface area contributed by atoms with Crippen molar-refractivity contribution in [2.75, 3.05) is 6.54 Å². The molecule has 0 saturated heterocycles. The summed E-state index contributed by atoms with van der Waals surface area (Å²) in [5, 5.41) is 6.67. The maximum absolute atomic E-state index is 12.4. The van der Waals surface area contributed by atoms with Crippen molar-refractivity contribution in [2.45, 2.75) is 25.8 Å². The molecule has 1 aliphatic rings. The van der Waals surface area contributed by atoms with E-state index in [1.54, 1.807) is 6.08 Å². The molecule has 1 aliphatic heterocycles. The third-order valence-corrected chi connectivity index (χ3v) is 4.79. The van der Waals surface area contributed by atoms with Crippen LogP contribution in [0.4, 0.5) is 0 Å². The van der Waals surface area contributed by atoms with Crippen molar-refractivity contribution in [3.63, 3.8) is 0 Å². The van der Waals surface area contributed by atoms with Gasteiger partial charge in [-0.2, -0.15) is 0 Å². The molecular formula is C21H20N2O2. The molecule has 0 fully saturated rings. The average molecular weight is 332 g/mol. The predicted molar refractivity (Wildman–Crippen MR) is 98.0 cm³/mol. The minimum atomic E-state index is 0.163. The normalized spacial score (nSPS) is 13.7.